The van der Waals surface area contributed by atoms with Crippen LogP contribution in [0.5, 0.6) is 0 Å². The van der Waals surface area contributed by atoms with Crippen molar-refractivity contribution in [1.29, 1.82) is 0 Å². The van der Waals surface area contributed by atoms with Crippen molar-refractivity contribution in [3.8, 4) is 0 Å². The van der Waals surface area contributed by atoms with Crippen molar-refractivity contribution < 1.29 is 13.6 Å². The van der Waals surface area contributed by atoms with Gasteiger partial charge in [0.2, 0.25) is 0 Å². The minimum Gasteiger partial charge on any atom is -0.314 e. The molecule has 4 heteroatoms. The third-order valence-electron chi connectivity index (χ3n) is 2.18. The second-order valence-corrected chi connectivity index (χ2v) is 3.26. The van der Waals surface area contributed by atoms with Crippen molar-refractivity contribution in [2.24, 2.45) is 0 Å². The van der Waals surface area contributed by atoms with E-state index < -0.39 is 11.7 Å². The quantitative estimate of drug-likeness (QED) is 0.705. The Labute approximate surface area is 70.3 Å². The van der Waals surface area contributed by atoms with Gasteiger partial charge >= 0.3 is 5.92 Å². The summed E-state index contributed by atoms with van der Waals surface area (Å²) in [5, 5.41) is 2.94. The molecule has 70 valence electrons. The van der Waals surface area contributed by atoms with Gasteiger partial charge in [-0.05, 0) is 19.4 Å². The van der Waals surface area contributed by atoms with Crippen molar-refractivity contribution in [2.45, 2.75) is 38.2 Å². The molecule has 1 heterocycles. The highest BCUT2D eigenvalue weighted by Crippen LogP contribution is 2.24. The molecule has 0 aromatic rings. The van der Waals surface area contributed by atoms with Crippen molar-refractivity contribution in [1.82, 2.24) is 5.32 Å². The van der Waals surface area contributed by atoms with Crippen LogP contribution in [0.1, 0.15) is 26.2 Å². The Hall–Kier alpha value is -0.510. The maximum absolute atomic E-state index is 12.8. The zero-order chi connectivity index (χ0) is 9.19. The van der Waals surface area contributed by atoms with Gasteiger partial charge in [-0.2, -0.15) is 8.78 Å². The molecule has 0 saturated carbocycles. The fourth-order valence-electron chi connectivity index (χ4n) is 1.38. The summed E-state index contributed by atoms with van der Waals surface area (Å²) in [5.41, 5.74) is 0. The van der Waals surface area contributed by atoms with E-state index in [0.29, 0.717) is 0 Å². The molecule has 1 fully saturated rings. The highest BCUT2D eigenvalue weighted by atomic mass is 19.3. The number of nitrogens with one attached hydrogen (secondary N) is 1. The van der Waals surface area contributed by atoms with Gasteiger partial charge in [-0.25, -0.2) is 0 Å². The third-order valence-corrected chi connectivity index (χ3v) is 2.18. The molecule has 0 aromatic carbocycles. The van der Waals surface area contributed by atoms with E-state index in [-0.39, 0.29) is 12.5 Å². The summed E-state index contributed by atoms with van der Waals surface area (Å²) >= 11 is 0. The first kappa shape index (κ1) is 9.58. The zero-order valence-corrected chi connectivity index (χ0v) is 7.07. The Morgan fingerprint density at radius 3 is 2.75 bits per heavy atom. The fraction of sp³-hybridized carbons (Fsp3) is 0.875. The van der Waals surface area contributed by atoms with E-state index in [9.17, 15) is 13.6 Å². The summed E-state index contributed by atoms with van der Waals surface area (Å²) in [4.78, 5) is 10.5. The number of carbonyl (C=O) groups is 1. The van der Waals surface area contributed by atoms with Crippen LogP contribution in [0.4, 0.5) is 8.78 Å². The van der Waals surface area contributed by atoms with Crippen LogP contribution >= 0.6 is 0 Å². The number of rotatable bonds is 3. The summed E-state index contributed by atoms with van der Waals surface area (Å²) in [6.07, 6.45) is 1.34. The monoisotopic (exact) mass is 177 g/mol. The van der Waals surface area contributed by atoms with Crippen molar-refractivity contribution in [3.63, 3.8) is 0 Å². The Bertz CT molecular complexity index is 176. The van der Waals surface area contributed by atoms with Crippen LogP contribution in [0.25, 0.3) is 0 Å². The number of alkyl halides is 2. The Morgan fingerprint density at radius 2 is 2.33 bits per heavy atom. The molecule has 1 atom stereocenters. The van der Waals surface area contributed by atoms with E-state index in [4.69, 9.17) is 0 Å². The summed E-state index contributed by atoms with van der Waals surface area (Å²) in [7, 11) is 0. The molecule has 2 nitrogen and oxygen atoms in total. The molecule has 1 aliphatic rings. The van der Waals surface area contributed by atoms with Gasteiger partial charge in [0.25, 0.3) is 0 Å². The third kappa shape index (κ3) is 2.24. The molecule has 1 rings (SSSR count). The van der Waals surface area contributed by atoms with Gasteiger partial charge in [-0.1, -0.05) is 0 Å². The Morgan fingerprint density at radius 1 is 1.67 bits per heavy atom. The lowest BCUT2D eigenvalue weighted by atomic mass is 10.0. The van der Waals surface area contributed by atoms with Crippen LogP contribution in [0.2, 0.25) is 0 Å². The number of hydrogen-bond acceptors (Lipinski definition) is 2. The summed E-state index contributed by atoms with van der Waals surface area (Å²) in [6, 6.07) is -0.177. The molecule has 0 radical (unpaired) electrons. The lowest BCUT2D eigenvalue weighted by molar-refractivity contribution is -0.142. The summed E-state index contributed by atoms with van der Waals surface area (Å²) in [5.74, 6) is -4.17. The number of carbonyl (C=O) groups excluding carboxylic acids is 1. The second kappa shape index (κ2) is 3.47. The van der Waals surface area contributed by atoms with Crippen LogP contribution in [0.3, 0.4) is 0 Å². The molecule has 1 saturated heterocycles. The van der Waals surface area contributed by atoms with E-state index in [1.165, 1.54) is 0 Å². The molecule has 1 aliphatic heterocycles. The largest absolute Gasteiger partial charge is 0.314 e. The highest BCUT2D eigenvalue weighted by molar-refractivity contribution is 5.83. The second-order valence-electron chi connectivity index (χ2n) is 3.26. The molecule has 0 aromatic heterocycles. The van der Waals surface area contributed by atoms with Gasteiger partial charge in [-0.3, -0.25) is 4.79 Å². The van der Waals surface area contributed by atoms with Crippen LogP contribution in [0.15, 0.2) is 0 Å². The molecule has 1 unspecified atom stereocenters. The summed E-state index contributed by atoms with van der Waals surface area (Å²) in [6.45, 7) is 1.73. The van der Waals surface area contributed by atoms with E-state index in [0.717, 1.165) is 26.3 Å². The standard InChI is InChI=1S/C8H13F2NO/c1-6(12)8(9,10)5-7-3-2-4-11-7/h7,11H,2-5H2,1H3. The Kier molecular flexibility index (Phi) is 2.77. The van der Waals surface area contributed by atoms with Crippen LogP contribution in [-0.4, -0.2) is 24.3 Å². The average Bonchev–Trinajstić information content (AvgIpc) is 2.38. The minimum atomic E-state index is -3.14. The van der Waals surface area contributed by atoms with Crippen molar-refractivity contribution >= 4 is 5.78 Å². The van der Waals surface area contributed by atoms with Gasteiger partial charge in [0, 0.05) is 19.4 Å². The fourth-order valence-corrected chi connectivity index (χ4v) is 1.38. The predicted molar refractivity (Wildman–Crippen MR) is 41.3 cm³/mol. The minimum absolute atomic E-state index is 0.177. The van der Waals surface area contributed by atoms with Gasteiger partial charge in [-0.15, -0.1) is 0 Å². The van der Waals surface area contributed by atoms with Crippen LogP contribution < -0.4 is 5.32 Å². The summed E-state index contributed by atoms with van der Waals surface area (Å²) < 4.78 is 25.6. The first-order chi connectivity index (χ1) is 5.52. The van der Waals surface area contributed by atoms with Gasteiger partial charge in [0.05, 0.1) is 0 Å². The number of Topliss-reactive ketones (excluding diaryl/α,β-unsaturated/α-hetero) is 1. The van der Waals surface area contributed by atoms with Gasteiger partial charge < -0.3 is 5.32 Å². The number of halogens is 2. The van der Waals surface area contributed by atoms with Crippen LogP contribution in [0, 0.1) is 0 Å². The molecular formula is C8H13F2NO. The number of ketones is 1. The molecule has 0 spiro atoms. The number of hydrogen-bond donors (Lipinski definition) is 1. The highest BCUT2D eigenvalue weighted by Gasteiger charge is 2.38. The van der Waals surface area contributed by atoms with E-state index in [1.807, 2.05) is 0 Å². The predicted octanol–water partition coefficient (Wildman–Crippen LogP) is 1.35. The van der Waals surface area contributed by atoms with Crippen molar-refractivity contribution in [3.05, 3.63) is 0 Å². The molecule has 12 heavy (non-hydrogen) atoms. The van der Waals surface area contributed by atoms with E-state index >= 15 is 0 Å². The molecule has 0 amide bonds. The average molecular weight is 177 g/mol. The zero-order valence-electron chi connectivity index (χ0n) is 7.07. The lowest BCUT2D eigenvalue weighted by Crippen LogP contribution is -2.35. The smallest absolute Gasteiger partial charge is 0.306 e. The Balaban J connectivity index is 2.42. The van der Waals surface area contributed by atoms with Crippen molar-refractivity contribution in [2.75, 3.05) is 6.54 Å². The molecule has 0 bridgehead atoms. The topological polar surface area (TPSA) is 29.1 Å². The van der Waals surface area contributed by atoms with E-state index in [1.54, 1.807) is 0 Å². The molecule has 0 aliphatic carbocycles. The molecule has 1 N–H and O–H groups in total. The first-order valence-corrected chi connectivity index (χ1v) is 4.14. The van der Waals surface area contributed by atoms with E-state index in [2.05, 4.69) is 5.32 Å². The van der Waals surface area contributed by atoms with Gasteiger partial charge in [0.1, 0.15) is 0 Å². The lowest BCUT2D eigenvalue weighted by Gasteiger charge is -2.17. The maximum Gasteiger partial charge on any atom is 0.306 e. The van der Waals surface area contributed by atoms with Gasteiger partial charge in [0.15, 0.2) is 5.78 Å². The molecular weight excluding hydrogens is 164 g/mol. The van der Waals surface area contributed by atoms with Crippen LogP contribution in [-0.2, 0) is 4.79 Å². The SMILES string of the molecule is CC(=O)C(F)(F)CC1CCCN1. The maximum atomic E-state index is 12.8. The normalized spacial score (nSPS) is 24.4. The first-order valence-electron chi connectivity index (χ1n) is 4.14.